The van der Waals surface area contributed by atoms with E-state index in [4.69, 9.17) is 5.11 Å². The van der Waals surface area contributed by atoms with Gasteiger partial charge in [0.2, 0.25) is 0 Å². The van der Waals surface area contributed by atoms with Crippen LogP contribution >= 0.6 is 0 Å². The smallest absolute Gasteiger partial charge is 0.0443 e. The van der Waals surface area contributed by atoms with Gasteiger partial charge in [0.15, 0.2) is 0 Å². The summed E-state index contributed by atoms with van der Waals surface area (Å²) in [6.45, 7) is 3.66. The van der Waals surface area contributed by atoms with Crippen molar-refractivity contribution in [3.63, 3.8) is 0 Å². The van der Waals surface area contributed by atoms with Gasteiger partial charge >= 0.3 is 0 Å². The highest BCUT2D eigenvalue weighted by atomic mass is 16.3. The first-order chi connectivity index (χ1) is 8.81. The van der Waals surface area contributed by atoms with Gasteiger partial charge < -0.3 is 14.9 Å². The molecular weight excluding hydrogens is 224 g/mol. The molecule has 1 N–H and O–H groups in total. The van der Waals surface area contributed by atoms with Crippen molar-refractivity contribution in [2.24, 2.45) is 0 Å². The zero-order chi connectivity index (χ0) is 12.8. The summed E-state index contributed by atoms with van der Waals surface area (Å²) >= 11 is 0. The van der Waals surface area contributed by atoms with E-state index in [1.165, 1.54) is 18.5 Å². The number of aliphatic hydroxyl groups is 1. The van der Waals surface area contributed by atoms with Crippen LogP contribution in [0.5, 0.6) is 0 Å². The fourth-order valence-corrected chi connectivity index (χ4v) is 2.70. The quantitative estimate of drug-likeness (QED) is 0.863. The molecule has 0 aromatic heterocycles. The molecule has 1 aliphatic heterocycles. The standard InChI is InChI=1S/C15H24N2O/c1-16(14-6-3-2-4-7-14)15-8-11-17(12-9-15)10-5-13-18/h2-4,6-7,15,18H,5,8-13H2,1H3. The van der Waals surface area contributed by atoms with Crippen molar-refractivity contribution in [3.8, 4) is 0 Å². The zero-order valence-electron chi connectivity index (χ0n) is 11.3. The maximum absolute atomic E-state index is 8.85. The molecule has 100 valence electrons. The summed E-state index contributed by atoms with van der Waals surface area (Å²) < 4.78 is 0. The first-order valence-corrected chi connectivity index (χ1v) is 6.92. The van der Waals surface area contributed by atoms with Crippen LogP contribution in [-0.4, -0.2) is 49.3 Å². The molecule has 1 aliphatic rings. The second-order valence-corrected chi connectivity index (χ2v) is 5.10. The Kier molecular flexibility index (Phi) is 5.02. The minimum Gasteiger partial charge on any atom is -0.396 e. The van der Waals surface area contributed by atoms with E-state index in [1.807, 2.05) is 0 Å². The van der Waals surface area contributed by atoms with Crippen LogP contribution in [0.15, 0.2) is 30.3 Å². The molecule has 0 aliphatic carbocycles. The highest BCUT2D eigenvalue weighted by Crippen LogP contribution is 2.21. The number of piperidine rings is 1. The number of nitrogens with zero attached hydrogens (tertiary/aromatic N) is 2. The van der Waals surface area contributed by atoms with Gasteiger partial charge in [-0.3, -0.25) is 0 Å². The van der Waals surface area contributed by atoms with Gasteiger partial charge in [-0.05, 0) is 31.4 Å². The lowest BCUT2D eigenvalue weighted by Gasteiger charge is -2.37. The Morgan fingerprint density at radius 3 is 2.50 bits per heavy atom. The van der Waals surface area contributed by atoms with Gasteiger partial charge in [-0.2, -0.15) is 0 Å². The van der Waals surface area contributed by atoms with Crippen LogP contribution in [0.1, 0.15) is 19.3 Å². The molecule has 2 rings (SSSR count). The van der Waals surface area contributed by atoms with Crippen molar-refractivity contribution in [1.29, 1.82) is 0 Å². The Morgan fingerprint density at radius 1 is 1.22 bits per heavy atom. The Hall–Kier alpha value is -1.06. The second-order valence-electron chi connectivity index (χ2n) is 5.10. The number of likely N-dealkylation sites (tertiary alicyclic amines) is 1. The van der Waals surface area contributed by atoms with E-state index in [9.17, 15) is 0 Å². The molecule has 1 fully saturated rings. The van der Waals surface area contributed by atoms with E-state index in [0.29, 0.717) is 12.6 Å². The molecule has 3 nitrogen and oxygen atoms in total. The third kappa shape index (κ3) is 3.47. The van der Waals surface area contributed by atoms with E-state index in [0.717, 1.165) is 26.1 Å². The summed E-state index contributed by atoms with van der Waals surface area (Å²) in [4.78, 5) is 4.87. The maximum atomic E-state index is 8.85. The van der Waals surface area contributed by atoms with Crippen molar-refractivity contribution in [3.05, 3.63) is 30.3 Å². The molecule has 1 saturated heterocycles. The highest BCUT2D eigenvalue weighted by Gasteiger charge is 2.22. The maximum Gasteiger partial charge on any atom is 0.0443 e. The second kappa shape index (κ2) is 6.76. The average Bonchev–Trinajstić information content (AvgIpc) is 2.46. The lowest BCUT2D eigenvalue weighted by atomic mass is 10.0. The van der Waals surface area contributed by atoms with E-state index < -0.39 is 0 Å². The molecule has 3 heteroatoms. The SMILES string of the molecule is CN(c1ccccc1)C1CCN(CCCO)CC1. The van der Waals surface area contributed by atoms with Crippen LogP contribution in [-0.2, 0) is 0 Å². The molecule has 0 bridgehead atoms. The van der Waals surface area contributed by atoms with Gasteiger partial charge in [0.05, 0.1) is 0 Å². The molecule has 0 atom stereocenters. The average molecular weight is 248 g/mol. The molecule has 1 aromatic carbocycles. The largest absolute Gasteiger partial charge is 0.396 e. The molecule has 1 aromatic rings. The minimum atomic E-state index is 0.309. The lowest BCUT2D eigenvalue weighted by Crippen LogP contribution is -2.43. The third-order valence-corrected chi connectivity index (χ3v) is 3.90. The fraction of sp³-hybridized carbons (Fsp3) is 0.600. The van der Waals surface area contributed by atoms with Crippen LogP contribution < -0.4 is 4.90 Å². The molecule has 1 heterocycles. The monoisotopic (exact) mass is 248 g/mol. The predicted molar refractivity (Wildman–Crippen MR) is 76.0 cm³/mol. The molecule has 0 radical (unpaired) electrons. The summed E-state index contributed by atoms with van der Waals surface area (Å²) in [5.74, 6) is 0. The Labute approximate surface area is 110 Å². The Balaban J connectivity index is 1.82. The molecular formula is C15H24N2O. The summed E-state index contributed by atoms with van der Waals surface area (Å²) in [7, 11) is 2.20. The van der Waals surface area contributed by atoms with Gasteiger partial charge in [0, 0.05) is 45.0 Å². The Morgan fingerprint density at radius 2 is 1.89 bits per heavy atom. The summed E-state index contributed by atoms with van der Waals surface area (Å²) in [6.07, 6.45) is 3.34. The van der Waals surface area contributed by atoms with Crippen molar-refractivity contribution in [2.45, 2.75) is 25.3 Å². The van der Waals surface area contributed by atoms with E-state index in [2.05, 4.69) is 47.2 Å². The van der Waals surface area contributed by atoms with E-state index in [1.54, 1.807) is 0 Å². The lowest BCUT2D eigenvalue weighted by molar-refractivity contribution is 0.187. The van der Waals surface area contributed by atoms with E-state index >= 15 is 0 Å². The van der Waals surface area contributed by atoms with Gasteiger partial charge in [-0.1, -0.05) is 18.2 Å². The summed E-state index contributed by atoms with van der Waals surface area (Å²) in [6, 6.07) is 11.3. The van der Waals surface area contributed by atoms with Gasteiger partial charge in [0.1, 0.15) is 0 Å². The molecule has 0 saturated carbocycles. The number of anilines is 1. The highest BCUT2D eigenvalue weighted by molar-refractivity contribution is 5.46. The molecule has 18 heavy (non-hydrogen) atoms. The minimum absolute atomic E-state index is 0.309. The number of aliphatic hydroxyl groups excluding tert-OH is 1. The molecule has 0 unspecified atom stereocenters. The van der Waals surface area contributed by atoms with Gasteiger partial charge in [0.25, 0.3) is 0 Å². The van der Waals surface area contributed by atoms with Crippen molar-refractivity contribution in [2.75, 3.05) is 38.2 Å². The number of benzene rings is 1. The topological polar surface area (TPSA) is 26.7 Å². The van der Waals surface area contributed by atoms with Gasteiger partial charge in [-0.25, -0.2) is 0 Å². The number of hydrogen-bond donors (Lipinski definition) is 1. The summed E-state index contributed by atoms with van der Waals surface area (Å²) in [5.41, 5.74) is 1.31. The van der Waals surface area contributed by atoms with Crippen molar-refractivity contribution >= 4 is 5.69 Å². The van der Waals surface area contributed by atoms with Crippen LogP contribution in [0.2, 0.25) is 0 Å². The number of hydrogen-bond acceptors (Lipinski definition) is 3. The number of rotatable bonds is 5. The van der Waals surface area contributed by atoms with Crippen molar-refractivity contribution < 1.29 is 5.11 Å². The summed E-state index contributed by atoms with van der Waals surface area (Å²) in [5, 5.41) is 8.85. The molecule has 0 amide bonds. The Bertz CT molecular complexity index is 334. The van der Waals surface area contributed by atoms with Crippen molar-refractivity contribution in [1.82, 2.24) is 4.90 Å². The van der Waals surface area contributed by atoms with Crippen LogP contribution in [0.4, 0.5) is 5.69 Å². The van der Waals surface area contributed by atoms with Crippen LogP contribution in [0, 0.1) is 0 Å². The first kappa shape index (κ1) is 13.4. The van der Waals surface area contributed by atoms with Gasteiger partial charge in [-0.15, -0.1) is 0 Å². The van der Waals surface area contributed by atoms with Crippen LogP contribution in [0.3, 0.4) is 0 Å². The fourth-order valence-electron chi connectivity index (χ4n) is 2.70. The predicted octanol–water partition coefficient (Wildman–Crippen LogP) is 1.97. The first-order valence-electron chi connectivity index (χ1n) is 6.92. The number of para-hydroxylation sites is 1. The van der Waals surface area contributed by atoms with Crippen LogP contribution in [0.25, 0.3) is 0 Å². The zero-order valence-corrected chi connectivity index (χ0v) is 11.3. The third-order valence-electron chi connectivity index (χ3n) is 3.90. The van der Waals surface area contributed by atoms with E-state index in [-0.39, 0.29) is 0 Å². The molecule has 0 spiro atoms. The normalized spacial score (nSPS) is 17.9.